The number of benzene rings is 1. The molecule has 2 aliphatic rings. The van der Waals surface area contributed by atoms with Gasteiger partial charge in [0, 0.05) is 11.8 Å². The summed E-state index contributed by atoms with van der Waals surface area (Å²) in [5.41, 5.74) is 0.830. The van der Waals surface area contributed by atoms with Crippen LogP contribution in [0.1, 0.15) is 12.0 Å². The average Bonchev–Trinajstić information content (AvgIpc) is 3.26. The molecular formula is C22H27F2NO7. The zero-order valence-electron chi connectivity index (χ0n) is 17.4. The van der Waals surface area contributed by atoms with Crippen LogP contribution < -0.4 is 5.32 Å². The zero-order valence-corrected chi connectivity index (χ0v) is 17.4. The summed E-state index contributed by atoms with van der Waals surface area (Å²) in [6.45, 7) is 7.63. The van der Waals surface area contributed by atoms with Gasteiger partial charge in [0.1, 0.15) is 25.2 Å². The summed E-state index contributed by atoms with van der Waals surface area (Å²) < 4.78 is 41.4. The Balaban J connectivity index is 0.000000486. The molecule has 176 valence electrons. The van der Waals surface area contributed by atoms with Crippen LogP contribution in [0.2, 0.25) is 0 Å². The highest BCUT2D eigenvalue weighted by atomic mass is 19.1. The summed E-state index contributed by atoms with van der Waals surface area (Å²) in [4.78, 5) is 29.3. The van der Waals surface area contributed by atoms with E-state index in [4.69, 9.17) is 19.4 Å². The van der Waals surface area contributed by atoms with E-state index in [1.54, 1.807) is 12.1 Å². The summed E-state index contributed by atoms with van der Waals surface area (Å²) in [6, 6.07) is 5.62. The van der Waals surface area contributed by atoms with Gasteiger partial charge in [0.25, 0.3) is 12.9 Å². The van der Waals surface area contributed by atoms with Gasteiger partial charge in [-0.25, -0.2) is 13.6 Å². The third-order valence-electron chi connectivity index (χ3n) is 4.73. The molecule has 2 fully saturated rings. The lowest BCUT2D eigenvalue weighted by Gasteiger charge is -2.24. The number of hydrogen-bond donors (Lipinski definition) is 2. The second-order valence-corrected chi connectivity index (χ2v) is 6.78. The lowest BCUT2D eigenvalue weighted by molar-refractivity contribution is -0.127. The Morgan fingerprint density at radius 1 is 1.19 bits per heavy atom. The van der Waals surface area contributed by atoms with Gasteiger partial charge < -0.3 is 24.6 Å². The summed E-state index contributed by atoms with van der Waals surface area (Å²) >= 11 is 0. The van der Waals surface area contributed by atoms with Crippen molar-refractivity contribution in [3.8, 4) is 0 Å². The second kappa shape index (κ2) is 14.7. The van der Waals surface area contributed by atoms with Crippen LogP contribution in [0.25, 0.3) is 0 Å². The number of carboxylic acid groups (broad SMARTS) is 1. The van der Waals surface area contributed by atoms with Crippen LogP contribution in [0.3, 0.4) is 0 Å². The van der Waals surface area contributed by atoms with Gasteiger partial charge in [-0.1, -0.05) is 37.4 Å². The van der Waals surface area contributed by atoms with E-state index in [1.165, 1.54) is 24.3 Å². The normalized spacial score (nSPS) is 24.1. The van der Waals surface area contributed by atoms with Gasteiger partial charge in [0.15, 0.2) is 0 Å². The van der Waals surface area contributed by atoms with Gasteiger partial charge in [-0.2, -0.15) is 0 Å². The van der Waals surface area contributed by atoms with Gasteiger partial charge in [-0.15, -0.1) is 0 Å². The van der Waals surface area contributed by atoms with E-state index in [9.17, 15) is 18.4 Å². The summed E-state index contributed by atoms with van der Waals surface area (Å²) in [5.74, 6) is -0.567. The Morgan fingerprint density at radius 2 is 1.81 bits per heavy atom. The minimum atomic E-state index is -0.884. The number of alkyl carbamates (subject to hydrolysis) is 1. The molecule has 1 amide bonds. The van der Waals surface area contributed by atoms with Crippen LogP contribution in [0.4, 0.5) is 13.6 Å². The lowest BCUT2D eigenvalue weighted by Crippen LogP contribution is -2.44. The van der Waals surface area contributed by atoms with Crippen molar-refractivity contribution >= 4 is 19.0 Å². The number of carbonyl (C=O) groups excluding carboxylic acids is 2. The van der Waals surface area contributed by atoms with Gasteiger partial charge in [-0.05, 0) is 24.1 Å². The number of carbonyl (C=O) groups is 3. The molecule has 8 nitrogen and oxygen atoms in total. The first-order chi connectivity index (χ1) is 15.4. The van der Waals surface area contributed by atoms with Gasteiger partial charge in [0.05, 0.1) is 18.8 Å². The number of nitrogens with one attached hydrogen (secondary N) is 1. The molecule has 0 aliphatic heterocycles. The van der Waals surface area contributed by atoms with Crippen LogP contribution in [-0.2, 0) is 30.4 Å². The fraction of sp³-hybridized carbons (Fsp3) is 0.409. The van der Waals surface area contributed by atoms with Crippen molar-refractivity contribution in [2.75, 3.05) is 13.2 Å². The Bertz CT molecular complexity index is 736. The van der Waals surface area contributed by atoms with Gasteiger partial charge in [-0.3, -0.25) is 9.59 Å². The van der Waals surface area contributed by atoms with E-state index < -0.39 is 18.3 Å². The number of alkyl halides is 1. The van der Waals surface area contributed by atoms with Crippen molar-refractivity contribution in [2.45, 2.75) is 31.3 Å². The fourth-order valence-corrected chi connectivity index (χ4v) is 3.34. The molecular weight excluding hydrogens is 428 g/mol. The lowest BCUT2D eigenvalue weighted by atomic mass is 10.1. The van der Waals surface area contributed by atoms with Gasteiger partial charge >= 0.3 is 6.09 Å². The summed E-state index contributed by atoms with van der Waals surface area (Å²) in [5, 5.41) is 9.59. The molecule has 10 heteroatoms. The van der Waals surface area contributed by atoms with E-state index in [0.717, 1.165) is 5.56 Å². The highest BCUT2D eigenvalue weighted by molar-refractivity contribution is 5.68. The summed E-state index contributed by atoms with van der Waals surface area (Å²) in [7, 11) is 0. The molecule has 0 spiro atoms. The van der Waals surface area contributed by atoms with Crippen molar-refractivity contribution in [1.29, 1.82) is 0 Å². The van der Waals surface area contributed by atoms with Crippen molar-refractivity contribution in [2.24, 2.45) is 11.8 Å². The number of amides is 1. The molecule has 2 saturated carbocycles. The first kappa shape index (κ1) is 26.8. The molecule has 0 aromatic heterocycles. The highest BCUT2D eigenvalue weighted by Crippen LogP contribution is 2.55. The topological polar surface area (TPSA) is 111 Å². The molecule has 2 unspecified atom stereocenters. The monoisotopic (exact) mass is 455 g/mol. The first-order valence-electron chi connectivity index (χ1n) is 9.71. The second-order valence-electron chi connectivity index (χ2n) is 6.78. The van der Waals surface area contributed by atoms with E-state index >= 15 is 0 Å². The molecule has 0 bridgehead atoms. The Kier molecular flexibility index (Phi) is 12.3. The third kappa shape index (κ3) is 8.84. The third-order valence-corrected chi connectivity index (χ3v) is 4.73. The maximum absolute atomic E-state index is 13.6. The van der Waals surface area contributed by atoms with E-state index in [2.05, 4.69) is 23.2 Å². The minimum Gasteiger partial charge on any atom is -0.483 e. The number of ether oxygens (including phenoxy) is 3. The van der Waals surface area contributed by atoms with Crippen LogP contribution in [0.5, 0.6) is 0 Å². The summed E-state index contributed by atoms with van der Waals surface area (Å²) in [6.07, 6.45) is 1.80. The molecule has 0 heterocycles. The smallest absolute Gasteiger partial charge is 0.407 e. The zero-order chi connectivity index (χ0) is 23.9. The molecule has 2 aliphatic carbocycles. The first-order valence-corrected chi connectivity index (χ1v) is 9.71. The minimum absolute atomic E-state index is 0.0575. The van der Waals surface area contributed by atoms with Crippen LogP contribution in [0, 0.1) is 17.7 Å². The maximum atomic E-state index is 13.6. The molecule has 1 aromatic rings. The molecule has 3 rings (SSSR count). The number of fused-ring (bicyclic) bond motifs is 1. The number of hydrogen-bond acceptors (Lipinski definition) is 6. The molecule has 1 aromatic carbocycles. The molecule has 0 saturated heterocycles. The number of rotatable bonds is 9. The quantitative estimate of drug-likeness (QED) is 0.334. The largest absolute Gasteiger partial charge is 0.483 e. The SMILES string of the molecule is C=CCOC(=O)NC1[C@@H]2C(F)[C@@H]2C[C@H]1OCc1ccc(F)cc1.C=CCOC=O.O=CO. The molecule has 2 N–H and O–H groups in total. The van der Waals surface area contributed by atoms with Crippen molar-refractivity contribution < 1.29 is 42.5 Å². The molecule has 32 heavy (non-hydrogen) atoms. The maximum Gasteiger partial charge on any atom is 0.407 e. The molecule has 5 atom stereocenters. The van der Waals surface area contributed by atoms with E-state index in [0.29, 0.717) is 26.1 Å². The van der Waals surface area contributed by atoms with Crippen molar-refractivity contribution in [3.63, 3.8) is 0 Å². The standard InChI is InChI=1S/C17H19F2NO3.C4H6O2.CH2O2/c1-2-7-22-17(21)20-16-13(8-12-14(16)15(12)19)23-9-10-3-5-11(18)6-4-10;1-2-3-6-4-5;2-1-3/h2-6,12-16H,1,7-9H2,(H,20,21);2,4H,1,3H2;1H,(H,2,3)/t12-,13-,14+,15?,16?;;/m1../s1. The van der Waals surface area contributed by atoms with E-state index in [1.807, 2.05) is 0 Å². The predicted molar refractivity (Wildman–Crippen MR) is 111 cm³/mol. The Morgan fingerprint density at radius 3 is 2.34 bits per heavy atom. The van der Waals surface area contributed by atoms with Crippen molar-refractivity contribution in [1.82, 2.24) is 5.32 Å². The fourth-order valence-electron chi connectivity index (χ4n) is 3.34. The van der Waals surface area contributed by atoms with Crippen molar-refractivity contribution in [3.05, 3.63) is 61.0 Å². The Hall–Kier alpha value is -3.27. The van der Waals surface area contributed by atoms with E-state index in [-0.39, 0.29) is 36.8 Å². The van der Waals surface area contributed by atoms with Crippen LogP contribution >= 0.6 is 0 Å². The highest BCUT2D eigenvalue weighted by Gasteiger charge is 2.63. The Labute approximate surface area is 184 Å². The predicted octanol–water partition coefficient (Wildman–Crippen LogP) is 3.03. The number of halogens is 2. The van der Waals surface area contributed by atoms with Crippen LogP contribution in [0.15, 0.2) is 49.6 Å². The van der Waals surface area contributed by atoms with Gasteiger partial charge in [0.2, 0.25) is 0 Å². The average molecular weight is 455 g/mol. The van der Waals surface area contributed by atoms with Crippen LogP contribution in [-0.4, -0.2) is 55.7 Å². The molecule has 0 radical (unpaired) electrons.